The lowest BCUT2D eigenvalue weighted by Gasteiger charge is -2.43. The molecule has 0 spiro atoms. The van der Waals surface area contributed by atoms with Crippen LogP contribution in [0.1, 0.15) is 40.9 Å². The highest BCUT2D eigenvalue weighted by molar-refractivity contribution is 6.35. The molecule has 174 valence electrons. The number of nitrogens with one attached hydrogen (secondary N) is 3. The summed E-state index contributed by atoms with van der Waals surface area (Å²) in [6, 6.07) is 9.41. The van der Waals surface area contributed by atoms with Crippen molar-refractivity contribution in [3.05, 3.63) is 59.5 Å². The Morgan fingerprint density at radius 3 is 2.52 bits per heavy atom. The maximum Gasteiger partial charge on any atom is 0.312 e. The first kappa shape index (κ1) is 23.5. The van der Waals surface area contributed by atoms with E-state index in [1.807, 2.05) is 0 Å². The number of carboxylic acid groups (broad SMARTS) is 1. The molecule has 1 fully saturated rings. The van der Waals surface area contributed by atoms with Crippen molar-refractivity contribution in [2.75, 3.05) is 19.6 Å². The van der Waals surface area contributed by atoms with Crippen LogP contribution in [-0.4, -0.2) is 59.2 Å². The Kier molecular flexibility index (Phi) is 7.11. The van der Waals surface area contributed by atoms with Crippen LogP contribution in [-0.2, 0) is 19.9 Å². The molecule has 2 aromatic rings. The molecule has 6 N–H and O–H groups in total. The molecule has 0 aliphatic carbocycles. The van der Waals surface area contributed by atoms with E-state index >= 15 is 0 Å². The predicted molar refractivity (Wildman–Crippen MR) is 116 cm³/mol. The van der Waals surface area contributed by atoms with E-state index in [4.69, 9.17) is 15.6 Å². The summed E-state index contributed by atoms with van der Waals surface area (Å²) in [5, 5.41) is 22.2. The Morgan fingerprint density at radius 2 is 1.91 bits per heavy atom. The molecule has 3 amide bonds. The number of rotatable bonds is 10. The first-order valence-electron chi connectivity index (χ1n) is 10.3. The van der Waals surface area contributed by atoms with Gasteiger partial charge < -0.3 is 30.8 Å². The molecule has 0 radical (unpaired) electrons. The van der Waals surface area contributed by atoms with E-state index in [-0.39, 0.29) is 43.6 Å². The summed E-state index contributed by atoms with van der Waals surface area (Å²) in [5.41, 5.74) is 4.92. The molecule has 33 heavy (non-hydrogen) atoms. The second-order valence-corrected chi connectivity index (χ2v) is 7.64. The van der Waals surface area contributed by atoms with Crippen LogP contribution in [0.4, 0.5) is 0 Å². The number of nitrogens with zero attached hydrogens (tertiary/aromatic N) is 1. The van der Waals surface area contributed by atoms with Crippen LogP contribution in [0.3, 0.4) is 0 Å². The molecule has 3 rings (SSSR count). The minimum absolute atomic E-state index is 0.101. The van der Waals surface area contributed by atoms with Crippen molar-refractivity contribution in [1.82, 2.24) is 15.5 Å². The van der Waals surface area contributed by atoms with Gasteiger partial charge >= 0.3 is 17.8 Å². The fourth-order valence-electron chi connectivity index (χ4n) is 3.93. The van der Waals surface area contributed by atoms with Gasteiger partial charge in [-0.25, -0.2) is 0 Å². The summed E-state index contributed by atoms with van der Waals surface area (Å²) in [7, 11) is 0. The van der Waals surface area contributed by atoms with Crippen LogP contribution in [0.25, 0.3) is 0 Å². The fourth-order valence-corrected chi connectivity index (χ4v) is 3.93. The van der Waals surface area contributed by atoms with E-state index in [0.717, 1.165) is 0 Å². The largest absolute Gasteiger partial charge is 0.481 e. The number of hydrogen-bond acceptors (Lipinski definition) is 6. The maximum absolute atomic E-state index is 12.6. The Bertz CT molecular complexity index is 1050. The normalized spacial score (nSPS) is 15.5. The van der Waals surface area contributed by atoms with Gasteiger partial charge in [0, 0.05) is 30.8 Å². The summed E-state index contributed by atoms with van der Waals surface area (Å²) >= 11 is 0. The molecule has 1 aliphatic rings. The summed E-state index contributed by atoms with van der Waals surface area (Å²) in [6.45, 7) is 0.524. The Morgan fingerprint density at radius 1 is 1.21 bits per heavy atom. The molecule has 1 unspecified atom stereocenters. The van der Waals surface area contributed by atoms with Gasteiger partial charge in [0.2, 0.25) is 0 Å². The minimum Gasteiger partial charge on any atom is -0.481 e. The molecule has 0 bridgehead atoms. The molecule has 11 heteroatoms. The van der Waals surface area contributed by atoms with E-state index in [2.05, 4.69) is 10.6 Å². The minimum atomic E-state index is -1.38. The molecule has 2 heterocycles. The number of benzene rings is 1. The average molecular weight is 455 g/mol. The molecule has 1 aromatic carbocycles. The zero-order valence-corrected chi connectivity index (χ0v) is 17.8. The van der Waals surface area contributed by atoms with Crippen LogP contribution >= 0.6 is 0 Å². The number of carbonyl (C=O) groups is 4. The van der Waals surface area contributed by atoms with Gasteiger partial charge in [0.1, 0.15) is 17.1 Å². The third-order valence-electron chi connectivity index (χ3n) is 5.51. The number of furan rings is 1. The molecule has 11 nitrogen and oxygen atoms in total. The first-order chi connectivity index (χ1) is 15.7. The van der Waals surface area contributed by atoms with Crippen molar-refractivity contribution >= 4 is 29.5 Å². The SMILES string of the molecule is N=C(N)c1ccc(C(=O)NCCCC(CC(=O)O)(c2ccco2)N2CCNC(=O)C2=O)cc1. The quantitative estimate of drug-likeness (QED) is 0.149. The Hall–Kier alpha value is -4.15. The third-order valence-corrected chi connectivity index (χ3v) is 5.51. The van der Waals surface area contributed by atoms with Gasteiger partial charge in [-0.05, 0) is 37.1 Å². The van der Waals surface area contributed by atoms with Crippen LogP contribution < -0.4 is 16.4 Å². The van der Waals surface area contributed by atoms with Crippen LogP contribution in [0.15, 0.2) is 47.1 Å². The number of aliphatic carboxylic acids is 1. The lowest BCUT2D eigenvalue weighted by Crippen LogP contribution is -2.60. The zero-order valence-electron chi connectivity index (χ0n) is 17.8. The number of amides is 3. The highest BCUT2D eigenvalue weighted by Crippen LogP contribution is 2.38. The summed E-state index contributed by atoms with van der Waals surface area (Å²) in [5.74, 6) is -2.96. The standard InChI is InChI=1S/C22H25N5O6/c23-18(24)14-4-6-15(7-5-14)19(30)25-9-2-8-22(13-17(28)29,16-3-1-12-33-16)27-11-10-26-20(31)21(27)32/h1,3-7,12H,2,8-11,13H2,(H3,23,24)(H,25,30)(H,26,31)(H,28,29). The zero-order chi connectivity index (χ0) is 24.0. The van der Waals surface area contributed by atoms with E-state index < -0.39 is 29.7 Å². The molecule has 1 aromatic heterocycles. The number of carbonyl (C=O) groups excluding carboxylic acids is 3. The van der Waals surface area contributed by atoms with Gasteiger partial charge in [0.15, 0.2) is 0 Å². The second kappa shape index (κ2) is 9.98. The van der Waals surface area contributed by atoms with Gasteiger partial charge in [0.25, 0.3) is 5.91 Å². The highest BCUT2D eigenvalue weighted by atomic mass is 16.4. The van der Waals surface area contributed by atoms with E-state index in [0.29, 0.717) is 17.5 Å². The number of nitrogens with two attached hydrogens (primary N) is 1. The third kappa shape index (κ3) is 5.20. The summed E-state index contributed by atoms with van der Waals surface area (Å²) in [4.78, 5) is 50.1. The topological polar surface area (TPSA) is 179 Å². The van der Waals surface area contributed by atoms with E-state index in [9.17, 15) is 24.3 Å². The van der Waals surface area contributed by atoms with E-state index in [1.165, 1.54) is 11.2 Å². The number of piperazine rings is 1. The molecule has 1 saturated heterocycles. The van der Waals surface area contributed by atoms with Gasteiger partial charge in [-0.2, -0.15) is 0 Å². The Labute approximate surface area is 189 Å². The van der Waals surface area contributed by atoms with Gasteiger partial charge in [0.05, 0.1) is 12.7 Å². The van der Waals surface area contributed by atoms with Crippen molar-refractivity contribution in [2.24, 2.45) is 5.73 Å². The van der Waals surface area contributed by atoms with Crippen LogP contribution in [0.5, 0.6) is 0 Å². The molecule has 1 atom stereocenters. The van der Waals surface area contributed by atoms with Crippen molar-refractivity contribution in [3.63, 3.8) is 0 Å². The number of nitrogen functional groups attached to an aromatic ring is 1. The molecular formula is C22H25N5O6. The van der Waals surface area contributed by atoms with Crippen LogP contribution in [0, 0.1) is 5.41 Å². The molecule has 0 saturated carbocycles. The molecule has 1 aliphatic heterocycles. The fraction of sp³-hybridized carbons (Fsp3) is 0.318. The number of amidine groups is 1. The summed E-state index contributed by atoms with van der Waals surface area (Å²) in [6.07, 6.45) is 1.39. The highest BCUT2D eigenvalue weighted by Gasteiger charge is 2.47. The van der Waals surface area contributed by atoms with Gasteiger partial charge in [-0.1, -0.05) is 12.1 Å². The lowest BCUT2D eigenvalue weighted by atomic mass is 9.84. The lowest BCUT2D eigenvalue weighted by molar-refractivity contribution is -0.157. The van der Waals surface area contributed by atoms with Gasteiger partial charge in [-0.3, -0.25) is 24.6 Å². The van der Waals surface area contributed by atoms with Gasteiger partial charge in [-0.15, -0.1) is 0 Å². The van der Waals surface area contributed by atoms with Crippen molar-refractivity contribution in [1.29, 1.82) is 5.41 Å². The summed E-state index contributed by atoms with van der Waals surface area (Å²) < 4.78 is 5.51. The van der Waals surface area contributed by atoms with Crippen LogP contribution in [0.2, 0.25) is 0 Å². The predicted octanol–water partition coefficient (Wildman–Crippen LogP) is 0.402. The average Bonchev–Trinajstić information content (AvgIpc) is 3.33. The monoisotopic (exact) mass is 455 g/mol. The van der Waals surface area contributed by atoms with Crippen molar-refractivity contribution in [3.8, 4) is 0 Å². The number of hydrogen-bond donors (Lipinski definition) is 5. The number of carboxylic acids is 1. The van der Waals surface area contributed by atoms with Crippen molar-refractivity contribution in [2.45, 2.75) is 24.8 Å². The maximum atomic E-state index is 12.6. The Balaban J connectivity index is 1.74. The smallest absolute Gasteiger partial charge is 0.312 e. The second-order valence-electron chi connectivity index (χ2n) is 7.64. The van der Waals surface area contributed by atoms with Crippen molar-refractivity contribution < 1.29 is 28.7 Å². The first-order valence-corrected chi connectivity index (χ1v) is 10.3. The molecular weight excluding hydrogens is 430 g/mol. The van der Waals surface area contributed by atoms with E-state index in [1.54, 1.807) is 36.4 Å².